The van der Waals surface area contributed by atoms with Crippen LogP contribution in [0.3, 0.4) is 0 Å². The van der Waals surface area contributed by atoms with Gasteiger partial charge in [0, 0.05) is 5.56 Å². The molecule has 0 saturated carbocycles. The van der Waals surface area contributed by atoms with Crippen LogP contribution in [-0.2, 0) is 0 Å². The van der Waals surface area contributed by atoms with E-state index in [1.807, 2.05) is 6.07 Å². The Balaban J connectivity index is 2.16. The van der Waals surface area contributed by atoms with Gasteiger partial charge in [-0.25, -0.2) is 19.5 Å². The van der Waals surface area contributed by atoms with E-state index in [0.29, 0.717) is 16.7 Å². The van der Waals surface area contributed by atoms with E-state index in [1.54, 1.807) is 24.3 Å². The minimum Gasteiger partial charge on any atom is -0.382 e. The van der Waals surface area contributed by atoms with E-state index in [1.165, 1.54) is 17.2 Å². The quantitative estimate of drug-likeness (QED) is 0.687. The molecule has 3 aromatic rings. The van der Waals surface area contributed by atoms with Crippen LogP contribution in [0.15, 0.2) is 43.0 Å². The van der Waals surface area contributed by atoms with Crippen molar-refractivity contribution >= 4 is 22.9 Å². The van der Waals surface area contributed by atoms with Crippen molar-refractivity contribution in [2.45, 2.75) is 0 Å². The van der Waals surface area contributed by atoms with Gasteiger partial charge in [-0.05, 0) is 12.1 Å². The molecule has 88 valence electrons. The van der Waals surface area contributed by atoms with Crippen molar-refractivity contribution in [2.24, 2.45) is 0 Å². The SMILES string of the molecule is Nc1ncnc2c1ncn2C(=O)c1ccccc1. The standard InChI is InChI=1S/C12H9N5O/c13-10-9-11(15-6-14-10)17(7-16-9)12(18)8-4-2-1-3-5-8/h1-7H,(H2,13,14,15). The predicted molar refractivity (Wildman–Crippen MR) is 65.9 cm³/mol. The summed E-state index contributed by atoms with van der Waals surface area (Å²) in [5.74, 6) is 0.0656. The van der Waals surface area contributed by atoms with Crippen LogP contribution in [0, 0.1) is 0 Å². The van der Waals surface area contributed by atoms with Crippen molar-refractivity contribution in [1.82, 2.24) is 19.5 Å². The van der Waals surface area contributed by atoms with Crippen LogP contribution in [0.1, 0.15) is 10.4 Å². The summed E-state index contributed by atoms with van der Waals surface area (Å²) in [7, 11) is 0. The third kappa shape index (κ3) is 1.51. The first-order valence-corrected chi connectivity index (χ1v) is 5.30. The molecule has 6 heteroatoms. The molecule has 0 fully saturated rings. The minimum atomic E-state index is -0.198. The summed E-state index contributed by atoms with van der Waals surface area (Å²) >= 11 is 0. The Labute approximate surface area is 102 Å². The fourth-order valence-electron chi connectivity index (χ4n) is 1.72. The number of carbonyl (C=O) groups excluding carboxylic acids is 1. The summed E-state index contributed by atoms with van der Waals surface area (Å²) in [6, 6.07) is 8.92. The molecule has 2 heterocycles. The largest absolute Gasteiger partial charge is 0.382 e. The van der Waals surface area contributed by atoms with Gasteiger partial charge in [0.15, 0.2) is 17.0 Å². The van der Waals surface area contributed by atoms with E-state index in [0.717, 1.165) is 0 Å². The molecule has 18 heavy (non-hydrogen) atoms. The van der Waals surface area contributed by atoms with Crippen molar-refractivity contribution < 1.29 is 4.79 Å². The molecule has 0 spiro atoms. The van der Waals surface area contributed by atoms with Crippen molar-refractivity contribution in [1.29, 1.82) is 0 Å². The van der Waals surface area contributed by atoms with Gasteiger partial charge in [-0.2, -0.15) is 0 Å². The molecule has 0 aliphatic rings. The Morgan fingerprint density at radius 1 is 1.11 bits per heavy atom. The highest BCUT2D eigenvalue weighted by molar-refractivity contribution is 6.01. The fraction of sp³-hybridized carbons (Fsp3) is 0. The summed E-state index contributed by atoms with van der Waals surface area (Å²) in [6.45, 7) is 0. The van der Waals surface area contributed by atoms with Gasteiger partial charge in [0.25, 0.3) is 5.91 Å². The maximum atomic E-state index is 12.3. The average Bonchev–Trinajstić information content (AvgIpc) is 2.84. The maximum absolute atomic E-state index is 12.3. The highest BCUT2D eigenvalue weighted by Gasteiger charge is 2.14. The summed E-state index contributed by atoms with van der Waals surface area (Å²) < 4.78 is 1.36. The molecule has 0 unspecified atom stereocenters. The van der Waals surface area contributed by atoms with Crippen LogP contribution in [0.4, 0.5) is 5.82 Å². The van der Waals surface area contributed by atoms with Crippen LogP contribution in [0.2, 0.25) is 0 Å². The summed E-state index contributed by atoms with van der Waals surface area (Å²) in [5, 5.41) is 0. The van der Waals surface area contributed by atoms with Gasteiger partial charge in [0.1, 0.15) is 12.7 Å². The van der Waals surface area contributed by atoms with E-state index in [-0.39, 0.29) is 11.7 Å². The lowest BCUT2D eigenvalue weighted by Gasteiger charge is -2.02. The molecular formula is C12H9N5O. The average molecular weight is 239 g/mol. The number of rotatable bonds is 1. The zero-order valence-corrected chi connectivity index (χ0v) is 9.32. The van der Waals surface area contributed by atoms with E-state index in [4.69, 9.17) is 5.73 Å². The Kier molecular flexibility index (Phi) is 2.26. The van der Waals surface area contributed by atoms with Crippen LogP contribution in [0.25, 0.3) is 11.2 Å². The zero-order valence-electron chi connectivity index (χ0n) is 9.32. The van der Waals surface area contributed by atoms with Gasteiger partial charge in [0.2, 0.25) is 0 Å². The van der Waals surface area contributed by atoms with Gasteiger partial charge in [-0.3, -0.25) is 4.79 Å². The second-order valence-corrected chi connectivity index (χ2v) is 3.72. The first kappa shape index (κ1) is 10.4. The van der Waals surface area contributed by atoms with Gasteiger partial charge < -0.3 is 5.73 Å². The number of nitrogen functional groups attached to an aromatic ring is 1. The van der Waals surface area contributed by atoms with Gasteiger partial charge in [-0.15, -0.1) is 0 Å². The van der Waals surface area contributed by atoms with E-state index >= 15 is 0 Å². The molecule has 0 amide bonds. The fourth-order valence-corrected chi connectivity index (χ4v) is 1.72. The smallest absolute Gasteiger partial charge is 0.264 e. The van der Waals surface area contributed by atoms with Crippen LogP contribution >= 0.6 is 0 Å². The first-order valence-electron chi connectivity index (χ1n) is 5.30. The summed E-state index contributed by atoms with van der Waals surface area (Å²) in [5.41, 5.74) is 7.08. The lowest BCUT2D eigenvalue weighted by atomic mass is 10.2. The zero-order chi connectivity index (χ0) is 12.5. The number of hydrogen-bond acceptors (Lipinski definition) is 5. The number of anilines is 1. The number of imidazole rings is 1. The third-order valence-corrected chi connectivity index (χ3v) is 2.60. The number of aromatic nitrogens is 4. The Morgan fingerprint density at radius 3 is 2.67 bits per heavy atom. The summed E-state index contributed by atoms with van der Waals surface area (Å²) in [4.78, 5) is 24.2. The molecule has 0 aliphatic carbocycles. The molecule has 0 aliphatic heterocycles. The van der Waals surface area contributed by atoms with E-state index in [9.17, 15) is 4.79 Å². The summed E-state index contributed by atoms with van der Waals surface area (Å²) in [6.07, 6.45) is 2.72. The van der Waals surface area contributed by atoms with Gasteiger partial charge in [0.05, 0.1) is 0 Å². The molecular weight excluding hydrogens is 230 g/mol. The van der Waals surface area contributed by atoms with Crippen molar-refractivity contribution in [3.63, 3.8) is 0 Å². The lowest BCUT2D eigenvalue weighted by molar-refractivity contribution is 0.0964. The van der Waals surface area contributed by atoms with Crippen LogP contribution in [-0.4, -0.2) is 25.4 Å². The molecule has 2 aromatic heterocycles. The number of nitrogens with two attached hydrogens (primary N) is 1. The molecule has 0 bridgehead atoms. The van der Waals surface area contributed by atoms with E-state index in [2.05, 4.69) is 15.0 Å². The number of carbonyl (C=O) groups is 1. The predicted octanol–water partition coefficient (Wildman–Crippen LogP) is 1.10. The van der Waals surface area contributed by atoms with Gasteiger partial charge in [-0.1, -0.05) is 18.2 Å². The van der Waals surface area contributed by atoms with Crippen LogP contribution < -0.4 is 5.73 Å². The van der Waals surface area contributed by atoms with Crippen molar-refractivity contribution in [3.8, 4) is 0 Å². The molecule has 2 N–H and O–H groups in total. The topological polar surface area (TPSA) is 86.7 Å². The Morgan fingerprint density at radius 2 is 1.89 bits per heavy atom. The highest BCUT2D eigenvalue weighted by Crippen LogP contribution is 2.15. The second-order valence-electron chi connectivity index (χ2n) is 3.72. The van der Waals surface area contributed by atoms with Gasteiger partial charge >= 0.3 is 0 Å². The van der Waals surface area contributed by atoms with Crippen molar-refractivity contribution in [3.05, 3.63) is 48.5 Å². The minimum absolute atomic E-state index is 0.198. The number of fused-ring (bicyclic) bond motifs is 1. The molecule has 3 rings (SSSR count). The Bertz CT molecular complexity index is 720. The molecule has 0 saturated heterocycles. The number of hydrogen-bond donors (Lipinski definition) is 1. The molecule has 1 aromatic carbocycles. The highest BCUT2D eigenvalue weighted by atomic mass is 16.2. The lowest BCUT2D eigenvalue weighted by Crippen LogP contribution is -2.11. The molecule has 6 nitrogen and oxygen atoms in total. The monoisotopic (exact) mass is 239 g/mol. The Hall–Kier alpha value is -2.76. The van der Waals surface area contributed by atoms with E-state index < -0.39 is 0 Å². The maximum Gasteiger partial charge on any atom is 0.264 e. The second kappa shape index (κ2) is 3.92. The number of benzene rings is 1. The third-order valence-electron chi connectivity index (χ3n) is 2.60. The molecule has 0 radical (unpaired) electrons. The van der Waals surface area contributed by atoms with Crippen LogP contribution in [0.5, 0.6) is 0 Å². The molecule has 0 atom stereocenters. The van der Waals surface area contributed by atoms with Crippen molar-refractivity contribution in [2.75, 3.05) is 5.73 Å². The normalized spacial score (nSPS) is 10.7. The first-order chi connectivity index (χ1) is 8.77. The number of nitrogens with zero attached hydrogens (tertiary/aromatic N) is 4.